The zero-order chi connectivity index (χ0) is 16.2. The molecule has 1 aromatic carbocycles. The van der Waals surface area contributed by atoms with Gasteiger partial charge in [-0.1, -0.05) is 26.0 Å². The second-order valence-electron chi connectivity index (χ2n) is 4.99. The van der Waals surface area contributed by atoms with Crippen LogP contribution >= 0.6 is 0 Å². The van der Waals surface area contributed by atoms with Gasteiger partial charge in [0.2, 0.25) is 0 Å². The molecule has 0 fully saturated rings. The number of rotatable bonds is 8. The first-order valence-electron chi connectivity index (χ1n) is 7.72. The molecule has 122 valence electrons. The van der Waals surface area contributed by atoms with E-state index < -0.39 is 10.2 Å². The van der Waals surface area contributed by atoms with Gasteiger partial charge in [0.15, 0.2) is 0 Å². The predicted octanol–water partition coefficient (Wildman–Crippen LogP) is 1.77. The quantitative estimate of drug-likeness (QED) is 0.805. The number of para-hydroxylation sites is 2. The van der Waals surface area contributed by atoms with Gasteiger partial charge < -0.3 is 4.57 Å². The number of hydrogen-bond donors (Lipinski definition) is 1. The van der Waals surface area contributed by atoms with Gasteiger partial charge >= 0.3 is 0 Å². The Labute approximate surface area is 132 Å². The molecule has 1 aromatic heterocycles. The number of benzene rings is 1. The lowest BCUT2D eigenvalue weighted by atomic mass is 10.3. The molecule has 0 aliphatic heterocycles. The van der Waals surface area contributed by atoms with Crippen molar-refractivity contribution < 1.29 is 8.42 Å². The Bertz CT molecular complexity index is 720. The molecule has 2 rings (SSSR count). The van der Waals surface area contributed by atoms with Crippen LogP contribution < -0.4 is 4.72 Å². The molecule has 0 radical (unpaired) electrons. The topological polar surface area (TPSA) is 67.2 Å². The fourth-order valence-electron chi connectivity index (χ4n) is 2.62. The first-order valence-corrected chi connectivity index (χ1v) is 9.16. The summed E-state index contributed by atoms with van der Waals surface area (Å²) < 4.78 is 30.4. The Morgan fingerprint density at radius 3 is 2.50 bits per heavy atom. The summed E-state index contributed by atoms with van der Waals surface area (Å²) in [5.74, 6) is 0.908. The molecule has 0 saturated carbocycles. The normalized spacial score (nSPS) is 12.4. The maximum Gasteiger partial charge on any atom is 0.279 e. The molecule has 0 atom stereocenters. The van der Waals surface area contributed by atoms with Gasteiger partial charge in [-0.15, -0.1) is 0 Å². The first-order chi connectivity index (χ1) is 10.5. The van der Waals surface area contributed by atoms with E-state index in [1.54, 1.807) is 0 Å². The van der Waals surface area contributed by atoms with Crippen LogP contribution in [0.4, 0.5) is 0 Å². The molecular formula is C15H24N4O2S. The summed E-state index contributed by atoms with van der Waals surface area (Å²) in [4.78, 5) is 4.60. The van der Waals surface area contributed by atoms with Crippen molar-refractivity contribution in [2.24, 2.45) is 0 Å². The summed E-state index contributed by atoms with van der Waals surface area (Å²) in [5.41, 5.74) is 2.04. The standard InChI is InChI=1S/C15H24N4O2S/c1-4-18(5-2)22(20,21)16-12-11-15-17-13-9-7-8-10-14(13)19(15)6-3/h7-10,16H,4-6,11-12H2,1-3H3. The summed E-state index contributed by atoms with van der Waals surface area (Å²) in [7, 11) is -3.40. The second kappa shape index (κ2) is 7.21. The molecule has 0 saturated heterocycles. The summed E-state index contributed by atoms with van der Waals surface area (Å²) >= 11 is 0. The highest BCUT2D eigenvalue weighted by Crippen LogP contribution is 2.16. The third kappa shape index (κ3) is 3.48. The Kier molecular flexibility index (Phi) is 5.55. The Morgan fingerprint density at radius 1 is 1.18 bits per heavy atom. The van der Waals surface area contributed by atoms with Crippen LogP contribution in [0.15, 0.2) is 24.3 Å². The predicted molar refractivity (Wildman–Crippen MR) is 89.0 cm³/mol. The molecule has 7 heteroatoms. The first kappa shape index (κ1) is 16.9. The molecule has 2 aromatic rings. The highest BCUT2D eigenvalue weighted by Gasteiger charge is 2.18. The van der Waals surface area contributed by atoms with Gasteiger partial charge in [0.25, 0.3) is 10.2 Å². The maximum atomic E-state index is 12.1. The summed E-state index contributed by atoms with van der Waals surface area (Å²) in [6.07, 6.45) is 0.572. The molecular weight excluding hydrogens is 300 g/mol. The van der Waals surface area contributed by atoms with E-state index in [-0.39, 0.29) is 0 Å². The van der Waals surface area contributed by atoms with Gasteiger partial charge in [-0.25, -0.2) is 9.71 Å². The summed E-state index contributed by atoms with van der Waals surface area (Å²) in [6, 6.07) is 7.96. The molecule has 0 amide bonds. The third-order valence-electron chi connectivity index (χ3n) is 3.73. The Hall–Kier alpha value is -1.44. The third-order valence-corrected chi connectivity index (χ3v) is 5.49. The highest BCUT2D eigenvalue weighted by molar-refractivity contribution is 7.87. The van der Waals surface area contributed by atoms with Gasteiger partial charge in [0.1, 0.15) is 5.82 Å². The van der Waals surface area contributed by atoms with Crippen LogP contribution in [0.1, 0.15) is 26.6 Å². The van der Waals surface area contributed by atoms with Crippen LogP contribution in [-0.4, -0.2) is 41.9 Å². The smallest absolute Gasteiger partial charge is 0.279 e. The lowest BCUT2D eigenvalue weighted by Crippen LogP contribution is -2.41. The van der Waals surface area contributed by atoms with Crippen molar-refractivity contribution in [2.75, 3.05) is 19.6 Å². The number of nitrogens with one attached hydrogen (secondary N) is 1. The maximum absolute atomic E-state index is 12.1. The largest absolute Gasteiger partial charge is 0.328 e. The molecule has 0 unspecified atom stereocenters. The van der Waals surface area contributed by atoms with Crippen molar-refractivity contribution in [3.05, 3.63) is 30.1 Å². The highest BCUT2D eigenvalue weighted by atomic mass is 32.2. The van der Waals surface area contributed by atoms with Gasteiger partial charge in [-0.2, -0.15) is 12.7 Å². The minimum Gasteiger partial charge on any atom is -0.328 e. The van der Waals surface area contributed by atoms with Crippen molar-refractivity contribution in [1.82, 2.24) is 18.6 Å². The minimum absolute atomic E-state index is 0.349. The van der Waals surface area contributed by atoms with E-state index in [1.165, 1.54) is 4.31 Å². The lowest BCUT2D eigenvalue weighted by Gasteiger charge is -2.18. The molecule has 6 nitrogen and oxygen atoms in total. The van der Waals surface area contributed by atoms with Crippen molar-refractivity contribution in [3.8, 4) is 0 Å². The van der Waals surface area contributed by atoms with E-state index in [2.05, 4.69) is 21.2 Å². The van der Waals surface area contributed by atoms with Crippen molar-refractivity contribution in [2.45, 2.75) is 33.7 Å². The van der Waals surface area contributed by atoms with E-state index >= 15 is 0 Å². The van der Waals surface area contributed by atoms with Crippen LogP contribution in [-0.2, 0) is 23.2 Å². The average Bonchev–Trinajstić information content (AvgIpc) is 2.85. The van der Waals surface area contributed by atoms with Crippen LogP contribution in [0.2, 0.25) is 0 Å². The zero-order valence-electron chi connectivity index (χ0n) is 13.4. The number of nitrogens with zero attached hydrogens (tertiary/aromatic N) is 3. The molecule has 0 bridgehead atoms. The fraction of sp³-hybridized carbons (Fsp3) is 0.533. The number of imidazole rings is 1. The van der Waals surface area contributed by atoms with Gasteiger partial charge in [0.05, 0.1) is 11.0 Å². The SMILES string of the molecule is CCN(CC)S(=O)(=O)NCCc1nc2ccccc2n1CC. The van der Waals surface area contributed by atoms with E-state index in [4.69, 9.17) is 0 Å². The van der Waals surface area contributed by atoms with E-state index in [0.29, 0.717) is 26.1 Å². The van der Waals surface area contributed by atoms with Crippen LogP contribution in [0.5, 0.6) is 0 Å². The molecule has 1 heterocycles. The van der Waals surface area contributed by atoms with Crippen LogP contribution in [0.25, 0.3) is 11.0 Å². The number of aryl methyl sites for hydroxylation is 1. The second-order valence-corrected chi connectivity index (χ2v) is 6.75. The number of hydrogen-bond acceptors (Lipinski definition) is 3. The van der Waals surface area contributed by atoms with Gasteiger partial charge in [-0.3, -0.25) is 0 Å². The van der Waals surface area contributed by atoms with E-state index in [0.717, 1.165) is 23.4 Å². The van der Waals surface area contributed by atoms with Crippen molar-refractivity contribution >= 4 is 21.2 Å². The molecule has 0 spiro atoms. The fourth-order valence-corrected chi connectivity index (χ4v) is 3.84. The number of fused-ring (bicyclic) bond motifs is 1. The summed E-state index contributed by atoms with van der Waals surface area (Å²) in [5, 5.41) is 0. The van der Waals surface area contributed by atoms with Crippen molar-refractivity contribution in [1.29, 1.82) is 0 Å². The lowest BCUT2D eigenvalue weighted by molar-refractivity contribution is 0.435. The minimum atomic E-state index is -3.40. The Balaban J connectivity index is 2.09. The molecule has 0 aliphatic rings. The molecule has 22 heavy (non-hydrogen) atoms. The van der Waals surface area contributed by atoms with E-state index in [1.807, 2.05) is 38.1 Å². The monoisotopic (exact) mass is 324 g/mol. The Morgan fingerprint density at radius 2 is 1.86 bits per heavy atom. The molecule has 1 N–H and O–H groups in total. The average molecular weight is 324 g/mol. The van der Waals surface area contributed by atoms with E-state index in [9.17, 15) is 8.42 Å². The molecule has 0 aliphatic carbocycles. The zero-order valence-corrected chi connectivity index (χ0v) is 14.2. The van der Waals surface area contributed by atoms with Crippen LogP contribution in [0.3, 0.4) is 0 Å². The van der Waals surface area contributed by atoms with Crippen molar-refractivity contribution in [3.63, 3.8) is 0 Å². The van der Waals surface area contributed by atoms with Gasteiger partial charge in [-0.05, 0) is 19.1 Å². The van der Waals surface area contributed by atoms with Gasteiger partial charge in [0, 0.05) is 32.6 Å². The van der Waals surface area contributed by atoms with Crippen LogP contribution in [0, 0.1) is 0 Å². The summed E-state index contributed by atoms with van der Waals surface area (Å²) in [6.45, 7) is 7.84. The number of aromatic nitrogens is 2.